The molecule has 2 aromatic carbocycles. The molecule has 0 saturated carbocycles. The third-order valence-electron chi connectivity index (χ3n) is 5.04. The summed E-state index contributed by atoms with van der Waals surface area (Å²) in [6.45, 7) is 4.39. The lowest BCUT2D eigenvalue weighted by molar-refractivity contribution is -0.121. The van der Waals surface area contributed by atoms with Crippen LogP contribution in [-0.2, 0) is 21.4 Å². The van der Waals surface area contributed by atoms with E-state index in [2.05, 4.69) is 5.32 Å². The fourth-order valence-electron chi connectivity index (χ4n) is 3.34. The fraction of sp³-hybridized carbons (Fsp3) is 0.250. The van der Waals surface area contributed by atoms with Crippen molar-refractivity contribution < 1.29 is 18.0 Å². The first-order chi connectivity index (χ1) is 15.9. The number of sulfonamides is 1. The summed E-state index contributed by atoms with van der Waals surface area (Å²) in [5, 5.41) is 4.74. The number of carbonyl (C=O) groups is 2. The van der Waals surface area contributed by atoms with Crippen LogP contribution in [0.15, 0.2) is 77.0 Å². The summed E-state index contributed by atoms with van der Waals surface area (Å²) in [7, 11) is -3.86. The number of hydrogen-bond donors (Lipinski definition) is 1. The second-order valence-corrected chi connectivity index (χ2v) is 10.1. The van der Waals surface area contributed by atoms with E-state index in [0.29, 0.717) is 18.8 Å². The van der Waals surface area contributed by atoms with E-state index >= 15 is 0 Å². The van der Waals surface area contributed by atoms with Crippen molar-refractivity contribution in [1.29, 1.82) is 0 Å². The maximum atomic E-state index is 13.3. The summed E-state index contributed by atoms with van der Waals surface area (Å²) >= 11 is 1.54. The molecule has 0 aliphatic carbocycles. The molecule has 0 atom stereocenters. The molecule has 3 aromatic rings. The van der Waals surface area contributed by atoms with Gasteiger partial charge in [-0.2, -0.15) is 0 Å². The van der Waals surface area contributed by atoms with Crippen LogP contribution < -0.4 is 9.62 Å². The van der Waals surface area contributed by atoms with Gasteiger partial charge in [0.2, 0.25) is 5.91 Å². The maximum Gasteiger partial charge on any atom is 0.264 e. The van der Waals surface area contributed by atoms with Crippen LogP contribution in [0.5, 0.6) is 0 Å². The zero-order valence-electron chi connectivity index (χ0n) is 18.6. The molecule has 33 heavy (non-hydrogen) atoms. The van der Waals surface area contributed by atoms with Gasteiger partial charge in [0.05, 0.1) is 23.7 Å². The Morgan fingerprint density at radius 1 is 0.939 bits per heavy atom. The second-order valence-electron chi connectivity index (χ2n) is 7.21. The Morgan fingerprint density at radius 3 is 2.33 bits per heavy atom. The molecule has 1 aromatic heterocycles. The largest absolute Gasteiger partial charge is 0.350 e. The first kappa shape index (κ1) is 24.5. The monoisotopic (exact) mass is 485 g/mol. The number of likely N-dealkylation sites (N-methyl/N-ethyl adjacent to an activating group) is 1. The molecular formula is C24H27N3O4S2. The number of hydrogen-bond acceptors (Lipinski definition) is 5. The highest BCUT2D eigenvalue weighted by Gasteiger charge is 2.25. The summed E-state index contributed by atoms with van der Waals surface area (Å²) in [6.07, 6.45) is 0. The smallest absolute Gasteiger partial charge is 0.264 e. The highest BCUT2D eigenvalue weighted by Crippen LogP contribution is 2.24. The first-order valence-corrected chi connectivity index (χ1v) is 12.9. The predicted molar refractivity (Wildman–Crippen MR) is 131 cm³/mol. The lowest BCUT2D eigenvalue weighted by Crippen LogP contribution is -2.40. The molecule has 9 heteroatoms. The Kier molecular flexibility index (Phi) is 8.24. The number of nitrogens with zero attached hydrogens (tertiary/aromatic N) is 2. The van der Waals surface area contributed by atoms with Gasteiger partial charge in [0.1, 0.15) is 0 Å². The number of benzene rings is 2. The van der Waals surface area contributed by atoms with Crippen molar-refractivity contribution in [2.75, 3.05) is 23.9 Å². The minimum absolute atomic E-state index is 0.0252. The van der Waals surface area contributed by atoms with Gasteiger partial charge in [-0.3, -0.25) is 13.9 Å². The van der Waals surface area contributed by atoms with Gasteiger partial charge in [0.25, 0.3) is 15.9 Å². The molecule has 0 fully saturated rings. The molecule has 0 radical (unpaired) electrons. The minimum atomic E-state index is -3.86. The van der Waals surface area contributed by atoms with E-state index in [1.54, 1.807) is 61.6 Å². The Labute approximate surface area is 198 Å². The molecule has 1 heterocycles. The SMILES string of the molecule is CCN(CC(=O)NCc1cccs1)C(=O)c1cccc(S(=O)(=O)N(CC)c2ccccc2)c1. The lowest BCUT2D eigenvalue weighted by atomic mass is 10.2. The van der Waals surface area contributed by atoms with Crippen molar-refractivity contribution in [3.05, 3.63) is 82.6 Å². The van der Waals surface area contributed by atoms with E-state index in [-0.39, 0.29) is 29.5 Å². The Bertz CT molecular complexity index is 1180. The topological polar surface area (TPSA) is 86.8 Å². The summed E-state index contributed by atoms with van der Waals surface area (Å²) in [5.74, 6) is -0.674. The van der Waals surface area contributed by atoms with Crippen molar-refractivity contribution in [3.63, 3.8) is 0 Å². The summed E-state index contributed by atoms with van der Waals surface area (Å²) in [5.41, 5.74) is 0.766. The third kappa shape index (κ3) is 6.00. The average molecular weight is 486 g/mol. The zero-order valence-corrected chi connectivity index (χ0v) is 20.2. The molecule has 3 rings (SSSR count). The van der Waals surface area contributed by atoms with Gasteiger partial charge in [-0.25, -0.2) is 8.42 Å². The second kappa shape index (κ2) is 11.1. The number of thiophene rings is 1. The molecule has 174 valence electrons. The van der Waals surface area contributed by atoms with Gasteiger partial charge in [0.15, 0.2) is 0 Å². The number of para-hydroxylation sites is 1. The predicted octanol–water partition coefficient (Wildman–Crippen LogP) is 3.74. The molecule has 1 N–H and O–H groups in total. The van der Waals surface area contributed by atoms with E-state index in [1.165, 1.54) is 21.3 Å². The van der Waals surface area contributed by atoms with Gasteiger partial charge in [0, 0.05) is 23.5 Å². The van der Waals surface area contributed by atoms with Gasteiger partial charge in [-0.15, -0.1) is 11.3 Å². The fourth-order valence-corrected chi connectivity index (χ4v) is 5.50. The summed E-state index contributed by atoms with van der Waals surface area (Å²) in [6, 6.07) is 18.6. The van der Waals surface area contributed by atoms with Crippen molar-refractivity contribution in [1.82, 2.24) is 10.2 Å². The quantitative estimate of drug-likeness (QED) is 0.474. The third-order valence-corrected chi connectivity index (χ3v) is 7.82. The molecule has 0 spiro atoms. The highest BCUT2D eigenvalue weighted by molar-refractivity contribution is 7.92. The van der Waals surface area contributed by atoms with Crippen molar-refractivity contribution in [2.45, 2.75) is 25.3 Å². The number of anilines is 1. The van der Waals surface area contributed by atoms with Crippen LogP contribution in [0.1, 0.15) is 29.1 Å². The summed E-state index contributed by atoms with van der Waals surface area (Å²) < 4.78 is 27.9. The number of rotatable bonds is 10. The van der Waals surface area contributed by atoms with Crippen LogP contribution in [0.2, 0.25) is 0 Å². The number of nitrogens with one attached hydrogen (secondary N) is 1. The van der Waals surface area contributed by atoms with E-state index in [9.17, 15) is 18.0 Å². The van der Waals surface area contributed by atoms with Crippen LogP contribution in [0.4, 0.5) is 5.69 Å². The molecule has 0 bridgehead atoms. The van der Waals surface area contributed by atoms with Crippen molar-refractivity contribution in [2.24, 2.45) is 0 Å². The minimum Gasteiger partial charge on any atom is -0.350 e. The molecular weight excluding hydrogens is 458 g/mol. The molecule has 7 nitrogen and oxygen atoms in total. The van der Waals surface area contributed by atoms with Gasteiger partial charge >= 0.3 is 0 Å². The number of amides is 2. The van der Waals surface area contributed by atoms with Gasteiger partial charge in [-0.05, 0) is 55.6 Å². The van der Waals surface area contributed by atoms with E-state index in [4.69, 9.17) is 0 Å². The Balaban J connectivity index is 1.76. The molecule has 0 unspecified atom stereocenters. The normalized spacial score (nSPS) is 11.1. The Morgan fingerprint density at radius 2 is 1.70 bits per heavy atom. The van der Waals surface area contributed by atoms with Crippen LogP contribution in [0.25, 0.3) is 0 Å². The molecule has 0 aliphatic rings. The average Bonchev–Trinajstić information content (AvgIpc) is 3.35. The van der Waals surface area contributed by atoms with Gasteiger partial charge < -0.3 is 10.2 Å². The molecule has 2 amide bonds. The Hall–Kier alpha value is -3.17. The maximum absolute atomic E-state index is 13.3. The van der Waals surface area contributed by atoms with Crippen LogP contribution in [0, 0.1) is 0 Å². The van der Waals surface area contributed by atoms with E-state index in [0.717, 1.165) is 4.88 Å². The van der Waals surface area contributed by atoms with Crippen LogP contribution >= 0.6 is 11.3 Å². The number of carbonyl (C=O) groups excluding carboxylic acids is 2. The highest BCUT2D eigenvalue weighted by atomic mass is 32.2. The van der Waals surface area contributed by atoms with Crippen molar-refractivity contribution in [3.8, 4) is 0 Å². The molecule has 0 aliphatic heterocycles. The van der Waals surface area contributed by atoms with E-state index < -0.39 is 15.9 Å². The lowest BCUT2D eigenvalue weighted by Gasteiger charge is -2.24. The van der Waals surface area contributed by atoms with E-state index in [1.807, 2.05) is 23.6 Å². The van der Waals surface area contributed by atoms with Gasteiger partial charge in [-0.1, -0.05) is 30.3 Å². The summed E-state index contributed by atoms with van der Waals surface area (Å²) in [4.78, 5) is 27.9. The zero-order chi connectivity index (χ0) is 23.8. The van der Waals surface area contributed by atoms with Crippen LogP contribution in [0.3, 0.4) is 0 Å². The molecule has 0 saturated heterocycles. The van der Waals surface area contributed by atoms with Crippen LogP contribution in [-0.4, -0.2) is 44.8 Å². The van der Waals surface area contributed by atoms with Crippen molar-refractivity contribution >= 4 is 38.9 Å². The first-order valence-electron chi connectivity index (χ1n) is 10.6. The standard InChI is InChI=1S/C24H27N3O4S2/c1-3-26(18-23(28)25-17-21-13-9-15-32-21)24(29)19-10-8-14-22(16-19)33(30,31)27(4-2)20-11-6-5-7-12-20/h5-16H,3-4,17-18H2,1-2H3,(H,25,28).